The van der Waals surface area contributed by atoms with Gasteiger partial charge in [0.2, 0.25) is 4.38 Å². The zero-order valence-corrected chi connectivity index (χ0v) is 14.5. The fraction of sp³-hybridized carbons (Fsp3) is 0.286. The van der Waals surface area contributed by atoms with Gasteiger partial charge in [0.05, 0.1) is 18.2 Å². The SMILES string of the molecule is CCOC(=S)SC(Cn1ccnc1)c1ccc(Cl)cc1Cl. The number of benzene rings is 1. The van der Waals surface area contributed by atoms with Crippen LogP contribution in [-0.4, -0.2) is 20.5 Å². The number of nitrogens with zero attached hydrogens (tertiary/aromatic N) is 2. The van der Waals surface area contributed by atoms with Crippen molar-refractivity contribution in [2.75, 3.05) is 6.61 Å². The number of hydrogen-bond acceptors (Lipinski definition) is 4. The van der Waals surface area contributed by atoms with Crippen molar-refractivity contribution in [3.8, 4) is 0 Å². The van der Waals surface area contributed by atoms with Gasteiger partial charge in [-0.25, -0.2) is 4.98 Å². The summed E-state index contributed by atoms with van der Waals surface area (Å²) in [5.41, 5.74) is 0.974. The van der Waals surface area contributed by atoms with Crippen molar-refractivity contribution in [3.05, 3.63) is 52.5 Å². The molecule has 1 unspecified atom stereocenters. The number of ether oxygens (including phenoxy) is 1. The fourth-order valence-electron chi connectivity index (χ4n) is 1.82. The van der Waals surface area contributed by atoms with E-state index in [1.54, 1.807) is 18.6 Å². The average molecular weight is 361 g/mol. The summed E-state index contributed by atoms with van der Waals surface area (Å²) in [7, 11) is 0. The topological polar surface area (TPSA) is 27.1 Å². The molecule has 3 nitrogen and oxygen atoms in total. The smallest absolute Gasteiger partial charge is 0.220 e. The number of rotatable bonds is 5. The highest BCUT2D eigenvalue weighted by molar-refractivity contribution is 8.22. The Morgan fingerprint density at radius 2 is 2.29 bits per heavy atom. The molecule has 0 aliphatic carbocycles. The standard InChI is InChI=1S/C14H14Cl2N2OS2/c1-2-19-14(20)21-13(8-18-6-5-17-9-18)11-4-3-10(15)7-12(11)16/h3-7,9,13H,2,8H2,1H3. The van der Waals surface area contributed by atoms with Crippen LogP contribution in [0.4, 0.5) is 0 Å². The molecule has 0 saturated carbocycles. The summed E-state index contributed by atoms with van der Waals surface area (Å²) in [4.78, 5) is 4.06. The van der Waals surface area contributed by atoms with Crippen LogP contribution < -0.4 is 0 Å². The molecule has 0 saturated heterocycles. The molecule has 1 aromatic heterocycles. The first-order valence-electron chi connectivity index (χ1n) is 6.34. The monoisotopic (exact) mass is 360 g/mol. The van der Waals surface area contributed by atoms with Gasteiger partial charge < -0.3 is 9.30 Å². The molecule has 0 fully saturated rings. The second kappa shape index (κ2) is 8.03. The van der Waals surface area contributed by atoms with E-state index in [0.29, 0.717) is 27.6 Å². The number of aromatic nitrogens is 2. The van der Waals surface area contributed by atoms with E-state index >= 15 is 0 Å². The zero-order chi connectivity index (χ0) is 15.2. The summed E-state index contributed by atoms with van der Waals surface area (Å²) in [5, 5.41) is 1.27. The Bertz CT molecular complexity index is 605. The van der Waals surface area contributed by atoms with Crippen LogP contribution >= 0.6 is 47.2 Å². The Morgan fingerprint density at radius 3 is 2.90 bits per heavy atom. The van der Waals surface area contributed by atoms with Crippen molar-refractivity contribution in [1.82, 2.24) is 9.55 Å². The summed E-state index contributed by atoms with van der Waals surface area (Å²) in [6, 6.07) is 5.49. The third-order valence-corrected chi connectivity index (χ3v) is 4.71. The molecule has 0 N–H and O–H groups in total. The molecule has 2 aromatic rings. The number of imidazole rings is 1. The van der Waals surface area contributed by atoms with Crippen molar-refractivity contribution >= 4 is 51.6 Å². The number of halogens is 2. The third kappa shape index (κ3) is 4.88. The van der Waals surface area contributed by atoms with E-state index in [9.17, 15) is 0 Å². The van der Waals surface area contributed by atoms with Crippen LogP contribution in [-0.2, 0) is 11.3 Å². The fourth-order valence-corrected chi connectivity index (χ4v) is 3.88. The van der Waals surface area contributed by atoms with Gasteiger partial charge in [-0.1, -0.05) is 41.0 Å². The largest absolute Gasteiger partial charge is 0.479 e. The van der Waals surface area contributed by atoms with E-state index in [-0.39, 0.29) is 5.25 Å². The molecule has 0 amide bonds. The highest BCUT2D eigenvalue weighted by atomic mass is 35.5. The van der Waals surface area contributed by atoms with Crippen LogP contribution in [0.1, 0.15) is 17.7 Å². The molecule has 0 radical (unpaired) electrons. The van der Waals surface area contributed by atoms with Crippen LogP contribution in [0, 0.1) is 0 Å². The second-order valence-electron chi connectivity index (χ2n) is 4.21. The normalized spacial score (nSPS) is 12.1. The zero-order valence-electron chi connectivity index (χ0n) is 11.3. The maximum atomic E-state index is 6.32. The molecule has 1 atom stereocenters. The summed E-state index contributed by atoms with van der Waals surface area (Å²) in [6.07, 6.45) is 5.41. The van der Waals surface area contributed by atoms with Crippen LogP contribution in [0.25, 0.3) is 0 Å². The Balaban J connectivity index is 2.23. The Hall–Kier alpha value is -0.750. The lowest BCUT2D eigenvalue weighted by Gasteiger charge is -2.19. The number of thioether (sulfide) groups is 1. The average Bonchev–Trinajstić information content (AvgIpc) is 2.91. The summed E-state index contributed by atoms with van der Waals surface area (Å²) in [6.45, 7) is 3.16. The highest BCUT2D eigenvalue weighted by Gasteiger charge is 2.19. The molecule has 0 aliphatic heterocycles. The molecule has 21 heavy (non-hydrogen) atoms. The quantitative estimate of drug-likeness (QED) is 0.702. The molecule has 0 spiro atoms. The maximum Gasteiger partial charge on any atom is 0.220 e. The number of thiocarbonyl (C=S) groups is 1. The first-order chi connectivity index (χ1) is 10.1. The second-order valence-corrected chi connectivity index (χ2v) is 6.86. The first kappa shape index (κ1) is 16.6. The minimum atomic E-state index is 0.0306. The van der Waals surface area contributed by atoms with Crippen molar-refractivity contribution in [3.63, 3.8) is 0 Å². The van der Waals surface area contributed by atoms with E-state index in [1.807, 2.05) is 29.8 Å². The summed E-state index contributed by atoms with van der Waals surface area (Å²) >= 11 is 19.0. The van der Waals surface area contributed by atoms with Gasteiger partial charge in [-0.15, -0.1) is 0 Å². The van der Waals surface area contributed by atoms with Crippen LogP contribution in [0.3, 0.4) is 0 Å². The molecular weight excluding hydrogens is 347 g/mol. The Kier molecular flexibility index (Phi) is 6.36. The van der Waals surface area contributed by atoms with E-state index < -0.39 is 0 Å². The molecule has 0 bridgehead atoms. The van der Waals surface area contributed by atoms with Gasteiger partial charge in [0.1, 0.15) is 0 Å². The predicted molar refractivity (Wildman–Crippen MR) is 93.2 cm³/mol. The molecule has 1 aromatic carbocycles. The maximum absolute atomic E-state index is 6.32. The van der Waals surface area contributed by atoms with Gasteiger partial charge in [-0.2, -0.15) is 0 Å². The van der Waals surface area contributed by atoms with E-state index in [2.05, 4.69) is 4.98 Å². The summed E-state index contributed by atoms with van der Waals surface area (Å²) < 4.78 is 7.87. The lowest BCUT2D eigenvalue weighted by Crippen LogP contribution is -2.09. The molecular formula is C14H14Cl2N2OS2. The van der Waals surface area contributed by atoms with Gasteiger partial charge in [0.25, 0.3) is 0 Å². The number of hydrogen-bond donors (Lipinski definition) is 0. The molecule has 112 valence electrons. The van der Waals surface area contributed by atoms with Crippen molar-refractivity contribution in [2.45, 2.75) is 18.7 Å². The van der Waals surface area contributed by atoms with Crippen LogP contribution in [0.2, 0.25) is 10.0 Å². The lowest BCUT2D eigenvalue weighted by atomic mass is 10.1. The van der Waals surface area contributed by atoms with E-state index in [1.165, 1.54) is 11.8 Å². The van der Waals surface area contributed by atoms with Crippen LogP contribution in [0.15, 0.2) is 36.9 Å². The van der Waals surface area contributed by atoms with Crippen molar-refractivity contribution in [1.29, 1.82) is 0 Å². The molecule has 7 heteroatoms. The molecule has 2 rings (SSSR count). The van der Waals surface area contributed by atoms with Crippen molar-refractivity contribution < 1.29 is 4.74 Å². The minimum absolute atomic E-state index is 0.0306. The Morgan fingerprint density at radius 1 is 1.48 bits per heavy atom. The van der Waals surface area contributed by atoms with Gasteiger partial charge >= 0.3 is 0 Å². The first-order valence-corrected chi connectivity index (χ1v) is 8.38. The predicted octanol–water partition coefficient (Wildman–Crippen LogP) is 4.99. The third-order valence-electron chi connectivity index (χ3n) is 2.75. The minimum Gasteiger partial charge on any atom is -0.479 e. The van der Waals surface area contributed by atoms with Gasteiger partial charge in [0.15, 0.2) is 0 Å². The lowest BCUT2D eigenvalue weighted by molar-refractivity contribution is 0.346. The van der Waals surface area contributed by atoms with Gasteiger partial charge in [-0.3, -0.25) is 0 Å². The molecule has 0 aliphatic rings. The molecule has 1 heterocycles. The van der Waals surface area contributed by atoms with E-state index in [4.69, 9.17) is 40.2 Å². The highest BCUT2D eigenvalue weighted by Crippen LogP contribution is 2.37. The summed E-state index contributed by atoms with van der Waals surface area (Å²) in [5.74, 6) is 0. The van der Waals surface area contributed by atoms with Gasteiger partial charge in [-0.05, 0) is 36.8 Å². The van der Waals surface area contributed by atoms with E-state index in [0.717, 1.165) is 5.56 Å². The van der Waals surface area contributed by atoms with Crippen molar-refractivity contribution in [2.24, 2.45) is 0 Å². The van der Waals surface area contributed by atoms with Crippen LogP contribution in [0.5, 0.6) is 0 Å². The Labute approximate surface area is 143 Å². The van der Waals surface area contributed by atoms with Gasteiger partial charge in [0, 0.05) is 29.0 Å².